The summed E-state index contributed by atoms with van der Waals surface area (Å²) in [6, 6.07) is 11.6. The molecule has 0 aliphatic carbocycles. The molecule has 2 aromatic rings. The molecule has 1 fully saturated rings. The van der Waals surface area contributed by atoms with Crippen LogP contribution in [0.2, 0.25) is 0 Å². The zero-order valence-corrected chi connectivity index (χ0v) is 13.7. The molecule has 0 bridgehead atoms. The lowest BCUT2D eigenvalue weighted by atomic mass is 10.1. The topological polar surface area (TPSA) is 49.9 Å². The summed E-state index contributed by atoms with van der Waals surface area (Å²) in [5.74, 6) is -0.106. The maximum absolute atomic E-state index is 12.7. The number of carbonyl (C=O) groups excluding carboxylic acids is 2. The second-order valence-corrected chi connectivity index (χ2v) is 6.31. The Bertz CT molecular complexity index is 812. The lowest BCUT2D eigenvalue weighted by molar-refractivity contribution is -0.137. The molecule has 24 heavy (non-hydrogen) atoms. The molecule has 0 spiro atoms. The number of ether oxygens (including phenoxy) is 1. The van der Waals surface area contributed by atoms with Crippen LogP contribution < -0.4 is 4.90 Å². The van der Waals surface area contributed by atoms with Crippen molar-refractivity contribution in [2.24, 2.45) is 0 Å². The van der Waals surface area contributed by atoms with E-state index in [4.69, 9.17) is 4.74 Å². The van der Waals surface area contributed by atoms with Crippen LogP contribution in [0, 0.1) is 0 Å². The highest BCUT2D eigenvalue weighted by molar-refractivity contribution is 6.26. The zero-order chi connectivity index (χ0) is 16.7. The number of carbonyl (C=O) groups is 2. The van der Waals surface area contributed by atoms with E-state index in [1.807, 2.05) is 41.3 Å². The molecule has 124 valence electrons. The van der Waals surface area contributed by atoms with Gasteiger partial charge in [0.2, 0.25) is 5.91 Å². The number of amides is 2. The van der Waals surface area contributed by atoms with Gasteiger partial charge in [-0.25, -0.2) is 0 Å². The third-order valence-corrected chi connectivity index (χ3v) is 4.89. The van der Waals surface area contributed by atoms with Crippen LogP contribution in [-0.4, -0.2) is 49.1 Å². The highest BCUT2D eigenvalue weighted by Crippen LogP contribution is 2.37. The molecule has 2 amide bonds. The van der Waals surface area contributed by atoms with Crippen LogP contribution >= 0.6 is 0 Å². The monoisotopic (exact) mass is 324 g/mol. The third kappa shape index (κ3) is 2.36. The van der Waals surface area contributed by atoms with Crippen molar-refractivity contribution < 1.29 is 14.3 Å². The van der Waals surface area contributed by atoms with E-state index in [0.29, 0.717) is 25.3 Å². The van der Waals surface area contributed by atoms with Gasteiger partial charge in [0.15, 0.2) is 0 Å². The molecule has 0 N–H and O–H groups in total. The molecule has 5 heteroatoms. The predicted molar refractivity (Wildman–Crippen MR) is 92.2 cm³/mol. The molecule has 2 aliphatic rings. The minimum absolute atomic E-state index is 0.0186. The maximum atomic E-state index is 12.7. The molecule has 0 radical (unpaired) electrons. The van der Waals surface area contributed by atoms with Crippen molar-refractivity contribution in [3.05, 3.63) is 42.0 Å². The van der Waals surface area contributed by atoms with Crippen molar-refractivity contribution in [1.29, 1.82) is 0 Å². The molecule has 1 unspecified atom stereocenters. The molecule has 0 saturated carbocycles. The molecule has 0 aromatic heterocycles. The Morgan fingerprint density at radius 3 is 2.83 bits per heavy atom. The summed E-state index contributed by atoms with van der Waals surface area (Å²) in [5, 5.41) is 1.98. The second kappa shape index (κ2) is 5.91. The van der Waals surface area contributed by atoms with E-state index in [9.17, 15) is 9.59 Å². The first-order valence-electron chi connectivity index (χ1n) is 8.42. The van der Waals surface area contributed by atoms with Gasteiger partial charge in [-0.05, 0) is 23.9 Å². The second-order valence-electron chi connectivity index (χ2n) is 6.31. The zero-order valence-electron chi connectivity index (χ0n) is 13.7. The van der Waals surface area contributed by atoms with Crippen molar-refractivity contribution in [3.8, 4) is 0 Å². The van der Waals surface area contributed by atoms with Crippen LogP contribution in [0.3, 0.4) is 0 Å². The summed E-state index contributed by atoms with van der Waals surface area (Å²) in [6.45, 7) is 3.90. The molecule has 1 atom stereocenters. The van der Waals surface area contributed by atoms with Crippen molar-refractivity contribution >= 4 is 28.3 Å². The van der Waals surface area contributed by atoms with Gasteiger partial charge >= 0.3 is 0 Å². The minimum Gasteiger partial charge on any atom is -0.375 e. The molecular formula is C19H20N2O3. The summed E-state index contributed by atoms with van der Waals surface area (Å²) < 4.78 is 5.62. The van der Waals surface area contributed by atoms with E-state index < -0.39 is 0 Å². The molecule has 2 heterocycles. The van der Waals surface area contributed by atoms with Gasteiger partial charge in [-0.3, -0.25) is 14.5 Å². The SMILES string of the molecule is CCC1CN(C(=O)CN2C(=O)c3cccc4cccc2c34)CCO1. The first kappa shape index (κ1) is 15.1. The Hall–Kier alpha value is -2.40. The lowest BCUT2D eigenvalue weighted by Gasteiger charge is -2.33. The van der Waals surface area contributed by atoms with Gasteiger partial charge in [0, 0.05) is 24.0 Å². The summed E-state index contributed by atoms with van der Waals surface area (Å²) in [6.07, 6.45) is 0.981. The summed E-state index contributed by atoms with van der Waals surface area (Å²) in [5.41, 5.74) is 1.52. The number of morpholine rings is 1. The van der Waals surface area contributed by atoms with Gasteiger partial charge in [0.25, 0.3) is 5.91 Å². The van der Waals surface area contributed by atoms with Crippen molar-refractivity contribution in [3.63, 3.8) is 0 Å². The van der Waals surface area contributed by atoms with Gasteiger partial charge in [-0.1, -0.05) is 31.2 Å². The van der Waals surface area contributed by atoms with Gasteiger partial charge in [-0.2, -0.15) is 0 Å². The van der Waals surface area contributed by atoms with E-state index in [2.05, 4.69) is 6.92 Å². The van der Waals surface area contributed by atoms with Crippen LogP contribution in [0.25, 0.3) is 10.8 Å². The van der Waals surface area contributed by atoms with E-state index in [1.54, 1.807) is 4.90 Å². The number of hydrogen-bond donors (Lipinski definition) is 0. The molecule has 2 aromatic carbocycles. The van der Waals surface area contributed by atoms with Crippen molar-refractivity contribution in [2.45, 2.75) is 19.4 Å². The van der Waals surface area contributed by atoms with Gasteiger partial charge < -0.3 is 9.64 Å². The third-order valence-electron chi connectivity index (χ3n) is 4.89. The number of rotatable bonds is 3. The Morgan fingerprint density at radius 1 is 1.25 bits per heavy atom. The summed E-state index contributed by atoms with van der Waals surface area (Å²) in [7, 11) is 0. The van der Waals surface area contributed by atoms with Crippen molar-refractivity contribution in [2.75, 3.05) is 31.1 Å². The highest BCUT2D eigenvalue weighted by atomic mass is 16.5. The quantitative estimate of drug-likeness (QED) is 0.871. The van der Waals surface area contributed by atoms with E-state index in [1.165, 1.54) is 0 Å². The number of hydrogen-bond acceptors (Lipinski definition) is 3. The van der Waals surface area contributed by atoms with Crippen LogP contribution in [0.4, 0.5) is 5.69 Å². The summed E-state index contributed by atoms with van der Waals surface area (Å²) >= 11 is 0. The van der Waals surface area contributed by atoms with Gasteiger partial charge in [0.1, 0.15) is 6.54 Å². The number of benzene rings is 2. The lowest BCUT2D eigenvalue weighted by Crippen LogP contribution is -2.49. The van der Waals surface area contributed by atoms with Crippen LogP contribution in [-0.2, 0) is 9.53 Å². The van der Waals surface area contributed by atoms with Crippen LogP contribution in [0.5, 0.6) is 0 Å². The molecule has 4 rings (SSSR count). The average molecular weight is 324 g/mol. The standard InChI is InChI=1S/C19H20N2O3/c1-2-14-11-20(9-10-24-14)17(22)12-21-16-8-4-6-13-5-3-7-15(18(13)16)19(21)23/h3-8,14H,2,9-12H2,1H3. The maximum Gasteiger partial charge on any atom is 0.259 e. The number of nitrogens with zero attached hydrogens (tertiary/aromatic N) is 2. The van der Waals surface area contributed by atoms with Gasteiger partial charge in [0.05, 0.1) is 18.4 Å². The average Bonchev–Trinajstić information content (AvgIpc) is 2.90. The highest BCUT2D eigenvalue weighted by Gasteiger charge is 2.33. The Balaban J connectivity index is 1.59. The molecule has 2 aliphatic heterocycles. The Labute approximate surface area is 140 Å². The molecule has 5 nitrogen and oxygen atoms in total. The predicted octanol–water partition coefficient (Wildman–Crippen LogP) is 2.44. The van der Waals surface area contributed by atoms with E-state index >= 15 is 0 Å². The first-order valence-corrected chi connectivity index (χ1v) is 8.42. The Morgan fingerprint density at radius 2 is 2.04 bits per heavy atom. The summed E-state index contributed by atoms with van der Waals surface area (Å²) in [4.78, 5) is 28.9. The van der Waals surface area contributed by atoms with E-state index in [0.717, 1.165) is 22.9 Å². The van der Waals surface area contributed by atoms with Gasteiger partial charge in [-0.15, -0.1) is 0 Å². The van der Waals surface area contributed by atoms with Crippen LogP contribution in [0.1, 0.15) is 23.7 Å². The molecule has 1 saturated heterocycles. The normalized spacial score (nSPS) is 20.0. The minimum atomic E-state index is -0.0875. The van der Waals surface area contributed by atoms with Crippen molar-refractivity contribution in [1.82, 2.24) is 4.90 Å². The fourth-order valence-electron chi connectivity index (χ4n) is 3.56. The fourth-order valence-corrected chi connectivity index (χ4v) is 3.56. The first-order chi connectivity index (χ1) is 11.7. The Kier molecular flexibility index (Phi) is 3.73. The van der Waals surface area contributed by atoms with E-state index in [-0.39, 0.29) is 24.5 Å². The smallest absolute Gasteiger partial charge is 0.259 e. The fraction of sp³-hybridized carbons (Fsp3) is 0.368. The largest absolute Gasteiger partial charge is 0.375 e. The number of anilines is 1. The molecular weight excluding hydrogens is 304 g/mol. The van der Waals surface area contributed by atoms with Crippen LogP contribution in [0.15, 0.2) is 36.4 Å².